The SMILES string of the molecule is CC(C(=O)NCc1ccco1)N(Cc1ccc(Cl)cc1)C(=O)CCc1ccc(S(=O)(=O)N2CCCC2)cc1. The lowest BCUT2D eigenvalue weighted by Gasteiger charge is -2.29. The molecule has 1 fully saturated rings. The van der Waals surface area contributed by atoms with E-state index in [1.165, 1.54) is 10.6 Å². The maximum absolute atomic E-state index is 13.4. The quantitative estimate of drug-likeness (QED) is 0.377. The first-order valence-electron chi connectivity index (χ1n) is 12.7. The number of halogens is 1. The maximum atomic E-state index is 13.4. The van der Waals surface area contributed by atoms with Gasteiger partial charge in [0.1, 0.15) is 11.8 Å². The van der Waals surface area contributed by atoms with Gasteiger partial charge in [-0.2, -0.15) is 4.31 Å². The summed E-state index contributed by atoms with van der Waals surface area (Å²) in [5.41, 5.74) is 1.70. The van der Waals surface area contributed by atoms with Crippen molar-refractivity contribution in [3.63, 3.8) is 0 Å². The van der Waals surface area contributed by atoms with E-state index in [4.69, 9.17) is 16.0 Å². The Balaban J connectivity index is 1.42. The summed E-state index contributed by atoms with van der Waals surface area (Å²) in [5, 5.41) is 3.41. The molecule has 202 valence electrons. The Bertz CT molecular complexity index is 1320. The van der Waals surface area contributed by atoms with Gasteiger partial charge in [-0.15, -0.1) is 0 Å². The van der Waals surface area contributed by atoms with Crippen LogP contribution in [0.4, 0.5) is 0 Å². The third kappa shape index (κ3) is 7.03. The minimum absolute atomic E-state index is 0.168. The van der Waals surface area contributed by atoms with Crippen molar-refractivity contribution >= 4 is 33.4 Å². The van der Waals surface area contributed by atoms with Crippen molar-refractivity contribution in [2.75, 3.05) is 13.1 Å². The molecule has 0 saturated carbocycles. The molecule has 1 aliphatic rings. The van der Waals surface area contributed by atoms with Crippen LogP contribution in [0.2, 0.25) is 5.02 Å². The van der Waals surface area contributed by atoms with Crippen molar-refractivity contribution in [3.8, 4) is 0 Å². The molecule has 10 heteroatoms. The third-order valence-electron chi connectivity index (χ3n) is 6.70. The van der Waals surface area contributed by atoms with Gasteiger partial charge in [0.15, 0.2) is 0 Å². The van der Waals surface area contributed by atoms with Crippen LogP contribution in [0, 0.1) is 0 Å². The molecule has 38 heavy (non-hydrogen) atoms. The molecule has 3 aromatic rings. The maximum Gasteiger partial charge on any atom is 0.243 e. The second kappa shape index (κ2) is 12.6. The number of furan rings is 1. The summed E-state index contributed by atoms with van der Waals surface area (Å²) in [6, 6.07) is 16.6. The lowest BCUT2D eigenvalue weighted by atomic mass is 10.1. The molecule has 4 rings (SSSR count). The van der Waals surface area contributed by atoms with Crippen LogP contribution in [0.25, 0.3) is 0 Å². The topological polar surface area (TPSA) is 99.9 Å². The fourth-order valence-electron chi connectivity index (χ4n) is 4.40. The molecule has 1 saturated heterocycles. The standard InChI is InChI=1S/C28H32ClN3O5S/c1-21(28(34)30-19-25-5-4-18-37-25)32(20-23-6-11-24(29)12-7-23)27(33)15-10-22-8-13-26(14-9-22)38(35,36)31-16-2-3-17-31/h4-9,11-14,18,21H,2-3,10,15-17,19-20H2,1H3,(H,30,34). The zero-order valence-corrected chi connectivity index (χ0v) is 22.9. The number of carbonyl (C=O) groups excluding carboxylic acids is 2. The van der Waals surface area contributed by atoms with Gasteiger partial charge >= 0.3 is 0 Å². The van der Waals surface area contributed by atoms with Crippen molar-refractivity contribution in [1.29, 1.82) is 0 Å². The second-order valence-electron chi connectivity index (χ2n) is 9.38. The summed E-state index contributed by atoms with van der Waals surface area (Å²) in [6.07, 6.45) is 3.88. The highest BCUT2D eigenvalue weighted by Crippen LogP contribution is 2.22. The summed E-state index contributed by atoms with van der Waals surface area (Å²) >= 11 is 6.01. The lowest BCUT2D eigenvalue weighted by Crippen LogP contribution is -2.47. The molecule has 0 radical (unpaired) electrons. The lowest BCUT2D eigenvalue weighted by molar-refractivity contribution is -0.140. The summed E-state index contributed by atoms with van der Waals surface area (Å²) in [7, 11) is -3.48. The summed E-state index contributed by atoms with van der Waals surface area (Å²) in [5.74, 6) is 0.144. The molecular formula is C28H32ClN3O5S. The number of hydrogen-bond donors (Lipinski definition) is 1. The zero-order valence-electron chi connectivity index (χ0n) is 21.3. The predicted molar refractivity (Wildman–Crippen MR) is 145 cm³/mol. The van der Waals surface area contributed by atoms with Crippen molar-refractivity contribution in [2.24, 2.45) is 0 Å². The Kier molecular flexibility index (Phi) is 9.25. The predicted octanol–water partition coefficient (Wildman–Crippen LogP) is 4.38. The molecule has 1 aromatic heterocycles. The number of aryl methyl sites for hydroxylation is 1. The Labute approximate surface area is 228 Å². The first-order chi connectivity index (χ1) is 18.2. The van der Waals surface area contributed by atoms with Gasteiger partial charge in [0.25, 0.3) is 0 Å². The van der Waals surface area contributed by atoms with Gasteiger partial charge in [0.2, 0.25) is 21.8 Å². The van der Waals surface area contributed by atoms with Crippen molar-refractivity contribution in [3.05, 3.63) is 88.8 Å². The van der Waals surface area contributed by atoms with E-state index in [0.717, 1.165) is 24.0 Å². The number of sulfonamides is 1. The minimum atomic E-state index is -3.48. The number of hydrogen-bond acceptors (Lipinski definition) is 5. The summed E-state index contributed by atoms with van der Waals surface area (Å²) in [4.78, 5) is 28.1. The molecule has 1 aliphatic heterocycles. The Morgan fingerprint density at radius 1 is 1.03 bits per heavy atom. The highest BCUT2D eigenvalue weighted by Gasteiger charge is 2.28. The number of nitrogens with zero attached hydrogens (tertiary/aromatic N) is 2. The Morgan fingerprint density at radius 2 is 1.68 bits per heavy atom. The van der Waals surface area contributed by atoms with E-state index in [1.807, 2.05) is 12.1 Å². The number of rotatable bonds is 11. The summed E-state index contributed by atoms with van der Waals surface area (Å²) in [6.45, 7) is 3.28. The van der Waals surface area contributed by atoms with Gasteiger partial charge in [-0.05, 0) is 73.7 Å². The van der Waals surface area contributed by atoms with E-state index < -0.39 is 16.1 Å². The van der Waals surface area contributed by atoms with Gasteiger partial charge < -0.3 is 14.6 Å². The van der Waals surface area contributed by atoms with Crippen molar-refractivity contribution < 1.29 is 22.4 Å². The first-order valence-corrected chi connectivity index (χ1v) is 14.5. The van der Waals surface area contributed by atoms with E-state index in [2.05, 4.69) is 5.32 Å². The molecule has 1 unspecified atom stereocenters. The zero-order chi connectivity index (χ0) is 27.1. The van der Waals surface area contributed by atoms with Crippen molar-refractivity contribution in [1.82, 2.24) is 14.5 Å². The van der Waals surface area contributed by atoms with E-state index in [9.17, 15) is 18.0 Å². The van der Waals surface area contributed by atoms with Crippen LogP contribution in [0.5, 0.6) is 0 Å². The third-order valence-corrected chi connectivity index (χ3v) is 8.87. The monoisotopic (exact) mass is 557 g/mol. The molecule has 1 atom stereocenters. The minimum Gasteiger partial charge on any atom is -0.467 e. The van der Waals surface area contributed by atoms with Gasteiger partial charge in [-0.25, -0.2) is 8.42 Å². The molecule has 1 N–H and O–H groups in total. The number of nitrogens with one attached hydrogen (secondary N) is 1. The summed E-state index contributed by atoms with van der Waals surface area (Å²) < 4.78 is 32.3. The number of amides is 2. The molecule has 2 aromatic carbocycles. The number of benzene rings is 2. The van der Waals surface area contributed by atoms with Gasteiger partial charge in [0.05, 0.1) is 17.7 Å². The highest BCUT2D eigenvalue weighted by molar-refractivity contribution is 7.89. The van der Waals surface area contributed by atoms with Crippen LogP contribution in [0.1, 0.15) is 43.1 Å². The van der Waals surface area contributed by atoms with Crippen LogP contribution >= 0.6 is 11.6 Å². The van der Waals surface area contributed by atoms with E-state index in [0.29, 0.717) is 30.3 Å². The average molecular weight is 558 g/mol. The molecular weight excluding hydrogens is 526 g/mol. The normalized spacial score (nSPS) is 14.8. The Morgan fingerprint density at radius 3 is 2.32 bits per heavy atom. The van der Waals surface area contributed by atoms with Crippen molar-refractivity contribution in [2.45, 2.75) is 56.6 Å². The average Bonchev–Trinajstić information content (AvgIpc) is 3.65. The fourth-order valence-corrected chi connectivity index (χ4v) is 6.05. The van der Waals surface area contributed by atoms with Gasteiger partial charge in [-0.1, -0.05) is 35.9 Å². The Hall–Kier alpha value is -3.14. The van der Waals surface area contributed by atoms with E-state index >= 15 is 0 Å². The van der Waals surface area contributed by atoms with Gasteiger partial charge in [-0.3, -0.25) is 9.59 Å². The molecule has 0 aliphatic carbocycles. The van der Waals surface area contributed by atoms with Crippen LogP contribution < -0.4 is 5.32 Å². The van der Waals surface area contributed by atoms with Crippen LogP contribution in [-0.4, -0.2) is 48.6 Å². The van der Waals surface area contributed by atoms with Crippen LogP contribution in [0.15, 0.2) is 76.2 Å². The van der Waals surface area contributed by atoms with E-state index in [-0.39, 0.29) is 36.2 Å². The molecule has 8 nitrogen and oxygen atoms in total. The molecule has 2 amide bonds. The number of carbonyl (C=O) groups is 2. The second-order valence-corrected chi connectivity index (χ2v) is 11.8. The fraction of sp³-hybridized carbons (Fsp3) is 0.357. The van der Waals surface area contributed by atoms with Crippen LogP contribution in [0.3, 0.4) is 0 Å². The largest absolute Gasteiger partial charge is 0.467 e. The highest BCUT2D eigenvalue weighted by atomic mass is 35.5. The smallest absolute Gasteiger partial charge is 0.243 e. The first kappa shape index (κ1) is 27.9. The van der Waals surface area contributed by atoms with Gasteiger partial charge in [0, 0.05) is 31.1 Å². The van der Waals surface area contributed by atoms with E-state index in [1.54, 1.807) is 60.4 Å². The molecule has 0 spiro atoms. The molecule has 2 heterocycles. The van der Waals surface area contributed by atoms with Crippen LogP contribution in [-0.2, 0) is 39.1 Å². The molecule has 0 bridgehead atoms.